The summed E-state index contributed by atoms with van der Waals surface area (Å²) in [7, 11) is 5.73. The summed E-state index contributed by atoms with van der Waals surface area (Å²) in [4.78, 5) is 17.8. The first-order valence-electron chi connectivity index (χ1n) is 7.30. The summed E-state index contributed by atoms with van der Waals surface area (Å²) in [6, 6.07) is 0.452. The van der Waals surface area contributed by atoms with E-state index in [1.54, 1.807) is 0 Å². The predicted octanol–water partition coefficient (Wildman–Crippen LogP) is 1.85. The van der Waals surface area contributed by atoms with Crippen molar-refractivity contribution in [1.82, 2.24) is 15.0 Å². The molecule has 1 saturated heterocycles. The molecule has 6 nitrogen and oxygen atoms in total. The lowest BCUT2D eigenvalue weighted by Gasteiger charge is -2.41. The summed E-state index contributed by atoms with van der Waals surface area (Å²) < 4.78 is 0. The molecule has 1 aliphatic rings. The van der Waals surface area contributed by atoms with Crippen molar-refractivity contribution in [3.8, 4) is 0 Å². The second-order valence-electron chi connectivity index (χ2n) is 6.11. The zero-order valence-corrected chi connectivity index (χ0v) is 13.4. The Morgan fingerprint density at radius 3 is 2.45 bits per heavy atom. The van der Waals surface area contributed by atoms with Gasteiger partial charge in [-0.25, -0.2) is 0 Å². The van der Waals surface area contributed by atoms with Crippen LogP contribution >= 0.6 is 0 Å². The minimum absolute atomic E-state index is 0.452. The molecule has 0 aliphatic carbocycles. The van der Waals surface area contributed by atoms with Crippen LogP contribution in [0, 0.1) is 11.8 Å². The van der Waals surface area contributed by atoms with Crippen LogP contribution in [0.2, 0.25) is 0 Å². The standard InChI is InChI=1S/C14H26N6/c1-9-7-10(2)11(3)20(8-9)14-17-12(15-4)16-13(18-14)19(5)6/h9-11H,7-8H2,1-6H3,(H,15,16,17,18). The highest BCUT2D eigenvalue weighted by atomic mass is 15.4. The summed E-state index contributed by atoms with van der Waals surface area (Å²) in [6.07, 6.45) is 1.27. The smallest absolute Gasteiger partial charge is 0.232 e. The van der Waals surface area contributed by atoms with E-state index < -0.39 is 0 Å². The first-order chi connectivity index (χ1) is 9.42. The number of nitrogens with zero attached hydrogens (tertiary/aromatic N) is 5. The van der Waals surface area contributed by atoms with E-state index in [1.807, 2.05) is 26.0 Å². The van der Waals surface area contributed by atoms with E-state index in [2.05, 4.69) is 45.9 Å². The van der Waals surface area contributed by atoms with E-state index in [0.29, 0.717) is 29.8 Å². The van der Waals surface area contributed by atoms with Gasteiger partial charge < -0.3 is 15.1 Å². The number of nitrogens with one attached hydrogen (secondary N) is 1. The van der Waals surface area contributed by atoms with Gasteiger partial charge >= 0.3 is 0 Å². The fraction of sp³-hybridized carbons (Fsp3) is 0.786. The van der Waals surface area contributed by atoms with Gasteiger partial charge in [0.1, 0.15) is 0 Å². The van der Waals surface area contributed by atoms with Crippen LogP contribution in [-0.4, -0.2) is 48.7 Å². The SMILES string of the molecule is CNc1nc(N(C)C)nc(N2CC(C)CC(C)C2C)n1. The molecule has 6 heteroatoms. The molecule has 1 N–H and O–H groups in total. The zero-order valence-electron chi connectivity index (χ0n) is 13.4. The Morgan fingerprint density at radius 1 is 1.15 bits per heavy atom. The van der Waals surface area contributed by atoms with Gasteiger partial charge in [-0.1, -0.05) is 13.8 Å². The molecule has 1 aromatic rings. The van der Waals surface area contributed by atoms with Gasteiger partial charge in [0, 0.05) is 33.7 Å². The van der Waals surface area contributed by atoms with E-state index in [4.69, 9.17) is 0 Å². The topological polar surface area (TPSA) is 57.2 Å². The first-order valence-corrected chi connectivity index (χ1v) is 7.30. The largest absolute Gasteiger partial charge is 0.357 e. The molecule has 20 heavy (non-hydrogen) atoms. The quantitative estimate of drug-likeness (QED) is 0.910. The molecule has 3 unspecified atom stereocenters. The van der Waals surface area contributed by atoms with Crippen LogP contribution in [0.5, 0.6) is 0 Å². The van der Waals surface area contributed by atoms with Gasteiger partial charge in [-0.3, -0.25) is 0 Å². The number of aromatic nitrogens is 3. The van der Waals surface area contributed by atoms with Gasteiger partial charge in [-0.2, -0.15) is 15.0 Å². The highest BCUT2D eigenvalue weighted by molar-refractivity contribution is 5.45. The number of hydrogen-bond acceptors (Lipinski definition) is 6. The third-order valence-electron chi connectivity index (χ3n) is 4.09. The lowest BCUT2D eigenvalue weighted by atomic mass is 9.86. The van der Waals surface area contributed by atoms with Crippen LogP contribution in [0.4, 0.5) is 17.8 Å². The first kappa shape index (κ1) is 14.8. The van der Waals surface area contributed by atoms with E-state index in [9.17, 15) is 0 Å². The summed E-state index contributed by atoms with van der Waals surface area (Å²) >= 11 is 0. The monoisotopic (exact) mass is 278 g/mol. The molecule has 0 amide bonds. The minimum Gasteiger partial charge on any atom is -0.357 e. The van der Waals surface area contributed by atoms with Gasteiger partial charge in [0.05, 0.1) is 0 Å². The number of piperidine rings is 1. The third-order valence-corrected chi connectivity index (χ3v) is 4.09. The van der Waals surface area contributed by atoms with Crippen molar-refractivity contribution >= 4 is 17.8 Å². The van der Waals surface area contributed by atoms with Crippen molar-refractivity contribution in [3.63, 3.8) is 0 Å². The predicted molar refractivity (Wildman–Crippen MR) is 83.5 cm³/mol. The molecule has 112 valence electrons. The van der Waals surface area contributed by atoms with Crippen molar-refractivity contribution in [2.24, 2.45) is 11.8 Å². The fourth-order valence-electron chi connectivity index (χ4n) is 2.77. The van der Waals surface area contributed by atoms with Crippen molar-refractivity contribution in [3.05, 3.63) is 0 Å². The minimum atomic E-state index is 0.452. The fourth-order valence-corrected chi connectivity index (χ4v) is 2.77. The average molecular weight is 278 g/mol. The highest BCUT2D eigenvalue weighted by Crippen LogP contribution is 2.30. The summed E-state index contributed by atoms with van der Waals surface area (Å²) in [5.41, 5.74) is 0. The van der Waals surface area contributed by atoms with Crippen molar-refractivity contribution in [2.45, 2.75) is 33.2 Å². The summed E-state index contributed by atoms with van der Waals surface area (Å²) in [5, 5.41) is 3.02. The van der Waals surface area contributed by atoms with Crippen LogP contribution in [0.1, 0.15) is 27.2 Å². The average Bonchev–Trinajstić information content (AvgIpc) is 2.42. The molecule has 2 rings (SSSR count). The maximum Gasteiger partial charge on any atom is 0.232 e. The molecule has 0 bridgehead atoms. The van der Waals surface area contributed by atoms with Gasteiger partial charge in [-0.15, -0.1) is 0 Å². The highest BCUT2D eigenvalue weighted by Gasteiger charge is 2.31. The molecular weight excluding hydrogens is 252 g/mol. The zero-order chi connectivity index (χ0) is 14.9. The lowest BCUT2D eigenvalue weighted by Crippen LogP contribution is -2.46. The van der Waals surface area contributed by atoms with E-state index >= 15 is 0 Å². The van der Waals surface area contributed by atoms with Gasteiger partial charge in [-0.05, 0) is 25.2 Å². The van der Waals surface area contributed by atoms with Gasteiger partial charge in [0.15, 0.2) is 0 Å². The van der Waals surface area contributed by atoms with Crippen LogP contribution in [0.15, 0.2) is 0 Å². The Bertz CT molecular complexity index is 461. The maximum absolute atomic E-state index is 4.61. The molecule has 1 fully saturated rings. The number of hydrogen-bond donors (Lipinski definition) is 1. The van der Waals surface area contributed by atoms with Crippen molar-refractivity contribution < 1.29 is 0 Å². The van der Waals surface area contributed by atoms with Gasteiger partial charge in [0.2, 0.25) is 17.8 Å². The molecule has 0 saturated carbocycles. The third kappa shape index (κ3) is 2.94. The molecule has 0 radical (unpaired) electrons. The number of rotatable bonds is 3. The number of anilines is 3. The van der Waals surface area contributed by atoms with Gasteiger partial charge in [0.25, 0.3) is 0 Å². The van der Waals surface area contributed by atoms with E-state index in [-0.39, 0.29) is 0 Å². The van der Waals surface area contributed by atoms with Crippen LogP contribution in [0.3, 0.4) is 0 Å². The molecule has 3 atom stereocenters. The second-order valence-corrected chi connectivity index (χ2v) is 6.11. The Hall–Kier alpha value is -1.59. The van der Waals surface area contributed by atoms with E-state index in [1.165, 1.54) is 6.42 Å². The second kappa shape index (κ2) is 5.81. The molecule has 1 aliphatic heterocycles. The Balaban J connectivity index is 2.37. The summed E-state index contributed by atoms with van der Waals surface area (Å²) in [5.74, 6) is 3.41. The Kier molecular flexibility index (Phi) is 4.30. The Labute approximate surface area is 121 Å². The van der Waals surface area contributed by atoms with Crippen molar-refractivity contribution in [1.29, 1.82) is 0 Å². The molecule has 0 aromatic carbocycles. The van der Waals surface area contributed by atoms with E-state index in [0.717, 1.165) is 12.5 Å². The summed E-state index contributed by atoms with van der Waals surface area (Å²) in [6.45, 7) is 7.86. The molecule has 2 heterocycles. The normalized spacial score (nSPS) is 26.5. The van der Waals surface area contributed by atoms with Crippen LogP contribution < -0.4 is 15.1 Å². The molecular formula is C14H26N6. The molecule has 0 spiro atoms. The van der Waals surface area contributed by atoms with Crippen LogP contribution in [-0.2, 0) is 0 Å². The lowest BCUT2D eigenvalue weighted by molar-refractivity contribution is 0.294. The van der Waals surface area contributed by atoms with Crippen LogP contribution in [0.25, 0.3) is 0 Å². The van der Waals surface area contributed by atoms with Crippen molar-refractivity contribution in [2.75, 3.05) is 42.8 Å². The maximum atomic E-state index is 4.61. The Morgan fingerprint density at radius 2 is 1.85 bits per heavy atom. The molecule has 1 aromatic heterocycles.